The van der Waals surface area contributed by atoms with Crippen LogP contribution in [0.15, 0.2) is 0 Å². The summed E-state index contributed by atoms with van der Waals surface area (Å²) >= 11 is 0. The number of hydrogen-bond acceptors (Lipinski definition) is 3. The van der Waals surface area contributed by atoms with Gasteiger partial charge in [0.25, 0.3) is 0 Å². The summed E-state index contributed by atoms with van der Waals surface area (Å²) in [5.74, 6) is -1.23. The van der Waals surface area contributed by atoms with E-state index in [1.807, 2.05) is 6.92 Å². The molecule has 1 N–H and O–H groups in total. The van der Waals surface area contributed by atoms with Crippen molar-refractivity contribution in [2.45, 2.75) is 58.1 Å². The Morgan fingerprint density at radius 2 is 1.82 bits per heavy atom. The van der Waals surface area contributed by atoms with E-state index >= 15 is 0 Å². The minimum absolute atomic E-state index is 0.0250. The monoisotopic (exact) mass is 264 g/mol. The van der Waals surface area contributed by atoms with E-state index in [-0.39, 0.29) is 11.7 Å². The van der Waals surface area contributed by atoms with Crippen molar-refractivity contribution < 1.29 is 18.3 Å². The summed E-state index contributed by atoms with van der Waals surface area (Å²) in [5.41, 5.74) is 0. The molecule has 0 saturated carbocycles. The molecule has 1 unspecified atom stereocenters. The van der Waals surface area contributed by atoms with Crippen LogP contribution < -0.4 is 0 Å². The van der Waals surface area contributed by atoms with Crippen molar-refractivity contribution in [3.05, 3.63) is 0 Å². The molecule has 17 heavy (non-hydrogen) atoms. The summed E-state index contributed by atoms with van der Waals surface area (Å²) in [4.78, 5) is 11.0. The van der Waals surface area contributed by atoms with E-state index in [1.165, 1.54) is 13.8 Å². The third-order valence-corrected chi connectivity index (χ3v) is 5.93. The van der Waals surface area contributed by atoms with Gasteiger partial charge in [0.15, 0.2) is 14.6 Å². The Morgan fingerprint density at radius 1 is 1.29 bits per heavy atom. The molecule has 0 aliphatic rings. The number of carbonyl (C=O) groups is 1. The van der Waals surface area contributed by atoms with Crippen LogP contribution in [0.3, 0.4) is 0 Å². The molecular formula is C12H24O4S. The van der Waals surface area contributed by atoms with Gasteiger partial charge >= 0.3 is 5.97 Å². The maximum absolute atomic E-state index is 12.0. The van der Waals surface area contributed by atoms with Gasteiger partial charge in [0.1, 0.15) is 0 Å². The Morgan fingerprint density at radius 3 is 2.18 bits per heavy atom. The van der Waals surface area contributed by atoms with Gasteiger partial charge in [-0.25, -0.2) is 8.42 Å². The average molecular weight is 264 g/mol. The zero-order valence-corrected chi connectivity index (χ0v) is 12.0. The molecule has 0 amide bonds. The van der Waals surface area contributed by atoms with Gasteiger partial charge in [-0.3, -0.25) is 4.79 Å². The molecule has 0 aromatic carbocycles. The predicted molar refractivity (Wildman–Crippen MR) is 68.8 cm³/mol. The van der Waals surface area contributed by atoms with Crippen LogP contribution >= 0.6 is 0 Å². The molecule has 0 radical (unpaired) electrons. The van der Waals surface area contributed by atoms with Crippen LogP contribution in [-0.4, -0.2) is 30.0 Å². The zero-order valence-electron chi connectivity index (χ0n) is 11.2. The Hall–Kier alpha value is -0.580. The number of carboxylic acids is 1. The van der Waals surface area contributed by atoms with E-state index in [4.69, 9.17) is 5.11 Å². The van der Waals surface area contributed by atoms with Crippen LogP contribution in [0.4, 0.5) is 0 Å². The van der Waals surface area contributed by atoms with E-state index in [2.05, 4.69) is 6.92 Å². The van der Waals surface area contributed by atoms with Crippen molar-refractivity contribution in [2.24, 2.45) is 5.92 Å². The quantitative estimate of drug-likeness (QED) is 0.731. The number of hydrogen-bond donors (Lipinski definition) is 1. The van der Waals surface area contributed by atoms with E-state index < -0.39 is 20.6 Å². The van der Waals surface area contributed by atoms with Crippen molar-refractivity contribution in [3.8, 4) is 0 Å². The first-order chi connectivity index (χ1) is 7.69. The van der Waals surface area contributed by atoms with Gasteiger partial charge in [0.05, 0.1) is 5.75 Å². The standard InChI is InChI=1S/C12H24O4S/c1-5-7-8-10(6-2)9-17(15,16)12(3,4)11(13)14/h10H,5-9H2,1-4H3,(H,13,14). The first-order valence-electron chi connectivity index (χ1n) is 6.14. The van der Waals surface area contributed by atoms with Gasteiger partial charge in [-0.1, -0.05) is 33.1 Å². The lowest BCUT2D eigenvalue weighted by Crippen LogP contribution is -2.43. The van der Waals surface area contributed by atoms with Crippen molar-refractivity contribution in [1.29, 1.82) is 0 Å². The number of aliphatic carboxylic acids is 1. The van der Waals surface area contributed by atoms with Gasteiger partial charge < -0.3 is 5.11 Å². The molecule has 5 heteroatoms. The van der Waals surface area contributed by atoms with Crippen LogP contribution in [0.1, 0.15) is 53.4 Å². The summed E-state index contributed by atoms with van der Waals surface area (Å²) in [6, 6.07) is 0. The molecule has 0 aliphatic carbocycles. The van der Waals surface area contributed by atoms with Gasteiger partial charge in [-0.2, -0.15) is 0 Å². The van der Waals surface area contributed by atoms with Crippen molar-refractivity contribution in [3.63, 3.8) is 0 Å². The van der Waals surface area contributed by atoms with Crippen LogP contribution in [0.2, 0.25) is 0 Å². The van der Waals surface area contributed by atoms with Gasteiger partial charge in [-0.15, -0.1) is 0 Å². The van der Waals surface area contributed by atoms with Crippen LogP contribution in [0.25, 0.3) is 0 Å². The summed E-state index contributed by atoms with van der Waals surface area (Å²) < 4.78 is 22.4. The highest BCUT2D eigenvalue weighted by atomic mass is 32.2. The lowest BCUT2D eigenvalue weighted by Gasteiger charge is -2.23. The molecule has 0 fully saturated rings. The summed E-state index contributed by atoms with van der Waals surface area (Å²) in [7, 11) is -3.60. The minimum Gasteiger partial charge on any atom is -0.480 e. The maximum Gasteiger partial charge on any atom is 0.324 e. The van der Waals surface area contributed by atoms with Crippen molar-refractivity contribution in [2.75, 3.05) is 5.75 Å². The Bertz CT molecular complexity index is 344. The molecule has 0 aromatic rings. The second-order valence-corrected chi connectivity index (χ2v) is 7.60. The SMILES string of the molecule is CCCCC(CC)CS(=O)(=O)C(C)(C)C(=O)O. The van der Waals surface area contributed by atoms with Crippen LogP contribution in [-0.2, 0) is 14.6 Å². The number of sulfone groups is 1. The first kappa shape index (κ1) is 16.4. The number of rotatable bonds is 8. The molecule has 0 saturated heterocycles. The van der Waals surface area contributed by atoms with E-state index in [0.717, 1.165) is 25.7 Å². The fourth-order valence-electron chi connectivity index (χ4n) is 1.55. The number of carboxylic acid groups (broad SMARTS) is 1. The molecule has 102 valence electrons. The molecule has 0 aromatic heterocycles. The van der Waals surface area contributed by atoms with Crippen LogP contribution in [0, 0.1) is 5.92 Å². The fourth-order valence-corrected chi connectivity index (χ4v) is 3.26. The third-order valence-electron chi connectivity index (χ3n) is 3.29. The predicted octanol–water partition coefficient (Wildman–Crippen LogP) is 2.48. The summed E-state index contributed by atoms with van der Waals surface area (Å²) in [6.45, 7) is 6.53. The van der Waals surface area contributed by atoms with Crippen LogP contribution in [0.5, 0.6) is 0 Å². The fraction of sp³-hybridized carbons (Fsp3) is 0.917. The second-order valence-electron chi connectivity index (χ2n) is 5.01. The van der Waals surface area contributed by atoms with E-state index in [1.54, 1.807) is 0 Å². The Labute approximate surface area is 104 Å². The molecule has 0 bridgehead atoms. The molecule has 0 heterocycles. The summed E-state index contributed by atoms with van der Waals surface area (Å²) in [6.07, 6.45) is 3.64. The second kappa shape index (κ2) is 6.38. The zero-order chi connectivity index (χ0) is 13.7. The molecule has 0 spiro atoms. The van der Waals surface area contributed by atoms with Crippen molar-refractivity contribution >= 4 is 15.8 Å². The lowest BCUT2D eigenvalue weighted by molar-refractivity contribution is -0.139. The largest absolute Gasteiger partial charge is 0.480 e. The number of unbranched alkanes of at least 4 members (excludes halogenated alkanes) is 1. The maximum atomic E-state index is 12.0. The smallest absolute Gasteiger partial charge is 0.324 e. The highest BCUT2D eigenvalue weighted by Crippen LogP contribution is 2.23. The lowest BCUT2D eigenvalue weighted by atomic mass is 10.0. The molecular weight excluding hydrogens is 240 g/mol. The van der Waals surface area contributed by atoms with E-state index in [0.29, 0.717) is 0 Å². The van der Waals surface area contributed by atoms with Gasteiger partial charge in [0, 0.05) is 0 Å². The van der Waals surface area contributed by atoms with Gasteiger partial charge in [0.2, 0.25) is 0 Å². The molecule has 4 nitrogen and oxygen atoms in total. The molecule has 1 atom stereocenters. The van der Waals surface area contributed by atoms with Crippen molar-refractivity contribution in [1.82, 2.24) is 0 Å². The third kappa shape index (κ3) is 4.30. The summed E-state index contributed by atoms with van der Waals surface area (Å²) in [5, 5.41) is 8.96. The van der Waals surface area contributed by atoms with E-state index in [9.17, 15) is 13.2 Å². The topological polar surface area (TPSA) is 71.4 Å². The van der Waals surface area contributed by atoms with Gasteiger partial charge in [-0.05, 0) is 26.2 Å². The molecule has 0 aliphatic heterocycles. The Kier molecular flexibility index (Phi) is 6.16. The highest BCUT2D eigenvalue weighted by Gasteiger charge is 2.42. The first-order valence-corrected chi connectivity index (χ1v) is 7.80. The molecule has 0 rings (SSSR count). The average Bonchev–Trinajstić information content (AvgIpc) is 2.23. The normalized spacial score (nSPS) is 14.6. The minimum atomic E-state index is -3.60. The highest BCUT2D eigenvalue weighted by molar-refractivity contribution is 7.93. The Balaban J connectivity index is 4.79.